The summed E-state index contributed by atoms with van der Waals surface area (Å²) in [6.07, 6.45) is 0. The molecular weight excluding hydrogens is 296 g/mol. The molecule has 0 radical (unpaired) electrons. The van der Waals surface area contributed by atoms with Crippen LogP contribution in [0, 0.1) is 0 Å². The Balaban J connectivity index is 2.54. The largest absolute Gasteiger partial charge is 0.218 e. The third-order valence-corrected chi connectivity index (χ3v) is 5.75. The number of rotatable bonds is 2. The van der Waals surface area contributed by atoms with Gasteiger partial charge < -0.3 is 0 Å². The third-order valence-electron chi connectivity index (χ3n) is 1.87. The van der Waals surface area contributed by atoms with Crippen LogP contribution in [0.1, 0.15) is 0 Å². The molecule has 0 aliphatic heterocycles. The fraction of sp³-hybridized carbons (Fsp3) is 0. The zero-order chi connectivity index (χ0) is 10.9. The molecule has 0 amide bonds. The number of hydrogen-bond acceptors (Lipinski definition) is 3. The summed E-state index contributed by atoms with van der Waals surface area (Å²) in [5.74, 6) is 0. The van der Waals surface area contributed by atoms with Crippen molar-refractivity contribution in [1.82, 2.24) is 0 Å². The first-order valence-electron chi connectivity index (χ1n) is 4.16. The molecule has 2 aromatic rings. The van der Waals surface area contributed by atoms with E-state index in [-0.39, 0.29) is 0 Å². The fourth-order valence-corrected chi connectivity index (χ4v) is 4.59. The van der Waals surface area contributed by atoms with Crippen LogP contribution in [-0.2, 0) is 9.84 Å². The number of halogens is 1. The molecule has 0 bridgehead atoms. The molecule has 1 aromatic heterocycles. The Hall–Kier alpha value is -0.650. The average Bonchev–Trinajstić information content (AvgIpc) is 2.67. The molecule has 0 aliphatic carbocycles. The highest BCUT2D eigenvalue weighted by atomic mass is 79.9. The lowest BCUT2D eigenvalue weighted by Crippen LogP contribution is -1.98. The highest BCUT2D eigenvalue weighted by Crippen LogP contribution is 2.30. The summed E-state index contributed by atoms with van der Waals surface area (Å²) in [5.41, 5.74) is 0. The van der Waals surface area contributed by atoms with Gasteiger partial charge in [-0.3, -0.25) is 0 Å². The topological polar surface area (TPSA) is 34.1 Å². The Morgan fingerprint density at radius 3 is 2.20 bits per heavy atom. The molecule has 0 saturated carbocycles. The van der Waals surface area contributed by atoms with E-state index in [1.807, 2.05) is 0 Å². The first-order valence-corrected chi connectivity index (χ1v) is 7.25. The van der Waals surface area contributed by atoms with Gasteiger partial charge in [0.15, 0.2) is 0 Å². The van der Waals surface area contributed by atoms with Crippen molar-refractivity contribution in [2.75, 3.05) is 0 Å². The normalized spacial score (nSPS) is 11.5. The monoisotopic (exact) mass is 302 g/mol. The molecule has 0 saturated heterocycles. The Labute approximate surface area is 101 Å². The maximum Gasteiger partial charge on any atom is 0.215 e. The predicted octanol–water partition coefficient (Wildman–Crippen LogP) is 3.34. The van der Waals surface area contributed by atoms with E-state index in [1.165, 1.54) is 11.3 Å². The average molecular weight is 303 g/mol. The van der Waals surface area contributed by atoms with Gasteiger partial charge in [-0.2, -0.15) is 0 Å². The summed E-state index contributed by atoms with van der Waals surface area (Å²) in [5, 5.41) is 0. The van der Waals surface area contributed by atoms with E-state index in [0.29, 0.717) is 9.10 Å². The molecule has 15 heavy (non-hydrogen) atoms. The Bertz CT molecular complexity index is 558. The molecule has 0 unspecified atom stereocenters. The summed E-state index contributed by atoms with van der Waals surface area (Å²) in [6, 6.07) is 11.8. The van der Waals surface area contributed by atoms with Crippen molar-refractivity contribution in [3.63, 3.8) is 0 Å². The highest BCUT2D eigenvalue weighted by molar-refractivity contribution is 9.11. The van der Waals surface area contributed by atoms with E-state index >= 15 is 0 Å². The van der Waals surface area contributed by atoms with Crippen molar-refractivity contribution in [2.24, 2.45) is 0 Å². The Kier molecular flexibility index (Phi) is 2.95. The molecule has 78 valence electrons. The summed E-state index contributed by atoms with van der Waals surface area (Å²) in [4.78, 5) is 0.333. The summed E-state index contributed by atoms with van der Waals surface area (Å²) < 4.78 is 25.3. The molecule has 0 atom stereocenters. The van der Waals surface area contributed by atoms with Gasteiger partial charge >= 0.3 is 0 Å². The van der Waals surface area contributed by atoms with Crippen LogP contribution in [0.3, 0.4) is 0 Å². The molecule has 0 aliphatic rings. The van der Waals surface area contributed by atoms with Gasteiger partial charge in [0, 0.05) is 0 Å². The first-order chi connectivity index (χ1) is 7.10. The smallest absolute Gasteiger partial charge is 0.215 e. The van der Waals surface area contributed by atoms with Gasteiger partial charge in [0.2, 0.25) is 9.84 Å². The molecule has 2 rings (SSSR count). The lowest BCUT2D eigenvalue weighted by atomic mass is 10.4. The van der Waals surface area contributed by atoms with Crippen LogP contribution >= 0.6 is 27.3 Å². The van der Waals surface area contributed by atoms with E-state index in [1.54, 1.807) is 42.5 Å². The SMILES string of the molecule is O=S(=O)(c1ccccc1)c1ccc(Br)s1. The molecule has 0 N–H and O–H groups in total. The van der Waals surface area contributed by atoms with Crippen molar-refractivity contribution in [2.45, 2.75) is 9.10 Å². The minimum atomic E-state index is -3.33. The van der Waals surface area contributed by atoms with Gasteiger partial charge in [-0.15, -0.1) is 11.3 Å². The molecule has 2 nitrogen and oxygen atoms in total. The number of sulfone groups is 1. The number of hydrogen-bond donors (Lipinski definition) is 0. The molecule has 1 aromatic carbocycles. The molecule has 0 fully saturated rings. The van der Waals surface area contributed by atoms with E-state index in [4.69, 9.17) is 0 Å². The minimum Gasteiger partial charge on any atom is -0.218 e. The second-order valence-electron chi connectivity index (χ2n) is 2.88. The van der Waals surface area contributed by atoms with Gasteiger partial charge in [0.1, 0.15) is 4.21 Å². The standard InChI is InChI=1S/C10H7BrO2S2/c11-9-6-7-10(14-9)15(12,13)8-4-2-1-3-5-8/h1-7H. The van der Waals surface area contributed by atoms with Crippen molar-refractivity contribution in [1.29, 1.82) is 0 Å². The highest BCUT2D eigenvalue weighted by Gasteiger charge is 2.18. The van der Waals surface area contributed by atoms with E-state index in [2.05, 4.69) is 15.9 Å². The lowest BCUT2D eigenvalue weighted by molar-refractivity contribution is 0.598. The zero-order valence-electron chi connectivity index (χ0n) is 7.55. The van der Waals surface area contributed by atoms with Crippen molar-refractivity contribution >= 4 is 37.1 Å². The van der Waals surface area contributed by atoms with Gasteiger partial charge in [-0.25, -0.2) is 8.42 Å². The first kappa shape index (κ1) is 10.9. The summed E-state index contributed by atoms with van der Waals surface area (Å²) >= 11 is 4.47. The molecular formula is C10H7BrO2S2. The number of benzene rings is 1. The van der Waals surface area contributed by atoms with Crippen LogP contribution in [0.4, 0.5) is 0 Å². The fourth-order valence-electron chi connectivity index (χ4n) is 1.16. The lowest BCUT2D eigenvalue weighted by Gasteiger charge is -1.99. The Morgan fingerprint density at radius 1 is 1.00 bits per heavy atom. The van der Waals surface area contributed by atoms with Crippen molar-refractivity contribution in [3.05, 3.63) is 46.3 Å². The second-order valence-corrected chi connectivity index (χ2v) is 7.51. The van der Waals surface area contributed by atoms with E-state index in [0.717, 1.165) is 3.79 Å². The zero-order valence-corrected chi connectivity index (χ0v) is 10.8. The number of thiophene rings is 1. The third kappa shape index (κ3) is 2.14. The van der Waals surface area contributed by atoms with E-state index in [9.17, 15) is 8.42 Å². The van der Waals surface area contributed by atoms with Crippen LogP contribution < -0.4 is 0 Å². The molecule has 1 heterocycles. The van der Waals surface area contributed by atoms with Crippen molar-refractivity contribution < 1.29 is 8.42 Å². The van der Waals surface area contributed by atoms with E-state index < -0.39 is 9.84 Å². The quantitative estimate of drug-likeness (QED) is 0.852. The van der Waals surface area contributed by atoms with Crippen LogP contribution in [0.15, 0.2) is 55.4 Å². The maximum absolute atomic E-state index is 12.0. The maximum atomic E-state index is 12.0. The summed E-state index contributed by atoms with van der Waals surface area (Å²) in [7, 11) is -3.33. The van der Waals surface area contributed by atoms with Gasteiger partial charge in [-0.05, 0) is 40.2 Å². The van der Waals surface area contributed by atoms with Gasteiger partial charge in [-0.1, -0.05) is 18.2 Å². The van der Waals surface area contributed by atoms with Crippen molar-refractivity contribution in [3.8, 4) is 0 Å². The predicted molar refractivity (Wildman–Crippen MR) is 63.9 cm³/mol. The second kappa shape index (κ2) is 4.08. The van der Waals surface area contributed by atoms with Gasteiger partial charge in [0.25, 0.3) is 0 Å². The molecule has 0 spiro atoms. The summed E-state index contributed by atoms with van der Waals surface area (Å²) in [6.45, 7) is 0. The minimum absolute atomic E-state index is 0.333. The van der Waals surface area contributed by atoms with Crippen LogP contribution in [-0.4, -0.2) is 8.42 Å². The Morgan fingerprint density at radius 2 is 1.67 bits per heavy atom. The van der Waals surface area contributed by atoms with Crippen LogP contribution in [0.2, 0.25) is 0 Å². The molecule has 5 heteroatoms. The van der Waals surface area contributed by atoms with Crippen LogP contribution in [0.5, 0.6) is 0 Å². The van der Waals surface area contributed by atoms with Gasteiger partial charge in [0.05, 0.1) is 8.68 Å². The van der Waals surface area contributed by atoms with Crippen LogP contribution in [0.25, 0.3) is 0 Å².